The van der Waals surface area contributed by atoms with Crippen LogP contribution in [0, 0.1) is 11.6 Å². The number of carbonyl (C=O) groups excluding carboxylic acids is 1. The van der Waals surface area contributed by atoms with Crippen molar-refractivity contribution in [3.63, 3.8) is 0 Å². The third-order valence-corrected chi connectivity index (χ3v) is 3.79. The van der Waals surface area contributed by atoms with Gasteiger partial charge in [-0.3, -0.25) is 5.10 Å². The van der Waals surface area contributed by atoms with Gasteiger partial charge in [0.05, 0.1) is 12.6 Å². The van der Waals surface area contributed by atoms with Gasteiger partial charge in [0.25, 0.3) is 0 Å². The van der Waals surface area contributed by atoms with Gasteiger partial charge in [-0.25, -0.2) is 23.5 Å². The molecule has 0 saturated carbocycles. The highest BCUT2D eigenvalue weighted by Crippen LogP contribution is 2.23. The number of aromatic nitrogens is 4. The molecule has 0 aliphatic carbocycles. The van der Waals surface area contributed by atoms with Crippen molar-refractivity contribution >= 4 is 23.4 Å². The minimum atomic E-state index is -0.643. The van der Waals surface area contributed by atoms with Crippen molar-refractivity contribution in [1.82, 2.24) is 20.2 Å². The quantitative estimate of drug-likeness (QED) is 0.532. The molecule has 2 aromatic heterocycles. The topological polar surface area (TPSA) is 105 Å². The van der Waals surface area contributed by atoms with E-state index in [1.54, 1.807) is 19.9 Å². The van der Waals surface area contributed by atoms with Crippen LogP contribution in [0.2, 0.25) is 0 Å². The minimum Gasteiger partial charge on any atom is -0.461 e. The summed E-state index contributed by atoms with van der Waals surface area (Å²) >= 11 is 0. The Hall–Kier alpha value is -3.56. The van der Waals surface area contributed by atoms with E-state index in [1.165, 1.54) is 24.5 Å². The van der Waals surface area contributed by atoms with Crippen LogP contribution in [-0.2, 0) is 4.74 Å². The number of nitrogens with one attached hydrogen (secondary N) is 3. The van der Waals surface area contributed by atoms with Crippen LogP contribution in [0.1, 0.15) is 35.9 Å². The molecule has 0 fully saturated rings. The molecule has 0 aliphatic heterocycles. The Labute approximate surface area is 159 Å². The molecule has 10 heteroatoms. The lowest BCUT2D eigenvalue weighted by molar-refractivity contribution is 0.0519. The Kier molecular flexibility index (Phi) is 5.78. The molecule has 3 aromatic rings. The number of esters is 1. The standard InChI is InChI=1S/C18H18F2N6O2/c1-3-28-18(27)14-7-17(26-25-14)24-16-8-15(21-9-22-16)23-10(2)12-5-4-11(19)6-13(12)20/h4-10H,3H2,1-2H3,(H3,21,22,23,24,25,26). The molecule has 0 bridgehead atoms. The highest BCUT2D eigenvalue weighted by Gasteiger charge is 2.14. The minimum absolute atomic E-state index is 0.206. The van der Waals surface area contributed by atoms with E-state index in [-0.39, 0.29) is 12.3 Å². The maximum Gasteiger partial charge on any atom is 0.356 e. The Morgan fingerprint density at radius 1 is 1.18 bits per heavy atom. The summed E-state index contributed by atoms with van der Waals surface area (Å²) < 4.78 is 31.9. The maximum absolute atomic E-state index is 13.9. The average Bonchev–Trinajstić information content (AvgIpc) is 3.10. The van der Waals surface area contributed by atoms with Crippen LogP contribution in [0.25, 0.3) is 0 Å². The molecule has 0 aliphatic rings. The lowest BCUT2D eigenvalue weighted by atomic mass is 10.1. The normalized spacial score (nSPS) is 11.7. The van der Waals surface area contributed by atoms with E-state index in [0.29, 0.717) is 23.0 Å². The molecule has 0 saturated heterocycles. The molecular weight excluding hydrogens is 370 g/mol. The first-order chi connectivity index (χ1) is 13.5. The summed E-state index contributed by atoms with van der Waals surface area (Å²) in [5.74, 6) is -0.590. The Morgan fingerprint density at radius 2 is 1.96 bits per heavy atom. The lowest BCUT2D eigenvalue weighted by Crippen LogP contribution is -2.10. The molecule has 28 heavy (non-hydrogen) atoms. The Bertz CT molecular complexity index is 978. The van der Waals surface area contributed by atoms with Gasteiger partial charge < -0.3 is 15.4 Å². The number of ether oxygens (including phenoxy) is 1. The van der Waals surface area contributed by atoms with E-state index in [9.17, 15) is 13.6 Å². The van der Waals surface area contributed by atoms with Gasteiger partial charge >= 0.3 is 5.97 Å². The monoisotopic (exact) mass is 388 g/mol. The predicted octanol–water partition coefficient (Wildman–Crippen LogP) is 3.57. The third kappa shape index (κ3) is 4.58. The number of H-pyrrole nitrogens is 1. The lowest BCUT2D eigenvalue weighted by Gasteiger charge is -2.16. The molecule has 2 heterocycles. The first-order valence-corrected chi connectivity index (χ1v) is 8.49. The molecule has 1 aromatic carbocycles. The summed E-state index contributed by atoms with van der Waals surface area (Å²) in [7, 11) is 0. The molecule has 3 N–H and O–H groups in total. The van der Waals surface area contributed by atoms with Gasteiger partial charge in [-0.2, -0.15) is 5.10 Å². The molecule has 0 amide bonds. The average molecular weight is 388 g/mol. The van der Waals surface area contributed by atoms with Crippen LogP contribution in [0.15, 0.2) is 36.7 Å². The number of carbonyl (C=O) groups is 1. The number of halogens is 2. The summed E-state index contributed by atoms with van der Waals surface area (Å²) in [4.78, 5) is 19.8. The van der Waals surface area contributed by atoms with E-state index in [1.807, 2.05) is 0 Å². The number of benzene rings is 1. The first-order valence-electron chi connectivity index (χ1n) is 8.49. The molecule has 146 valence electrons. The fourth-order valence-electron chi connectivity index (χ4n) is 2.49. The maximum atomic E-state index is 13.9. The van der Waals surface area contributed by atoms with Crippen LogP contribution in [-0.4, -0.2) is 32.7 Å². The Morgan fingerprint density at radius 3 is 2.71 bits per heavy atom. The largest absolute Gasteiger partial charge is 0.461 e. The number of rotatable bonds is 7. The second-order valence-electron chi connectivity index (χ2n) is 5.83. The van der Waals surface area contributed by atoms with Gasteiger partial charge in [-0.1, -0.05) is 6.07 Å². The van der Waals surface area contributed by atoms with Gasteiger partial charge in [0.1, 0.15) is 35.3 Å². The van der Waals surface area contributed by atoms with Gasteiger partial charge in [0.2, 0.25) is 0 Å². The summed E-state index contributed by atoms with van der Waals surface area (Å²) in [5, 5.41) is 12.5. The van der Waals surface area contributed by atoms with E-state index < -0.39 is 23.6 Å². The van der Waals surface area contributed by atoms with Crippen molar-refractivity contribution in [2.24, 2.45) is 0 Å². The molecule has 0 radical (unpaired) electrons. The van der Waals surface area contributed by atoms with E-state index >= 15 is 0 Å². The van der Waals surface area contributed by atoms with Crippen LogP contribution in [0.3, 0.4) is 0 Å². The molecule has 3 rings (SSSR count). The Balaban J connectivity index is 1.69. The van der Waals surface area contributed by atoms with Crippen molar-refractivity contribution in [3.05, 3.63) is 59.6 Å². The van der Waals surface area contributed by atoms with Crippen molar-refractivity contribution in [2.75, 3.05) is 17.2 Å². The number of anilines is 3. The first kappa shape index (κ1) is 19.2. The zero-order valence-corrected chi connectivity index (χ0v) is 15.2. The highest BCUT2D eigenvalue weighted by atomic mass is 19.1. The van der Waals surface area contributed by atoms with E-state index in [0.717, 1.165) is 6.07 Å². The van der Waals surface area contributed by atoms with E-state index in [2.05, 4.69) is 30.8 Å². The third-order valence-electron chi connectivity index (χ3n) is 3.79. The van der Waals surface area contributed by atoms with Crippen LogP contribution < -0.4 is 10.6 Å². The van der Waals surface area contributed by atoms with Crippen LogP contribution in [0.4, 0.5) is 26.2 Å². The number of aromatic amines is 1. The van der Waals surface area contributed by atoms with Crippen LogP contribution >= 0.6 is 0 Å². The highest BCUT2D eigenvalue weighted by molar-refractivity contribution is 5.88. The molecule has 1 unspecified atom stereocenters. The molecule has 0 spiro atoms. The van der Waals surface area contributed by atoms with Crippen molar-refractivity contribution in [2.45, 2.75) is 19.9 Å². The summed E-state index contributed by atoms with van der Waals surface area (Å²) in [6.07, 6.45) is 1.32. The van der Waals surface area contributed by atoms with Gasteiger partial charge in [0.15, 0.2) is 5.82 Å². The fraction of sp³-hybridized carbons (Fsp3) is 0.222. The van der Waals surface area contributed by atoms with Crippen molar-refractivity contribution in [3.8, 4) is 0 Å². The second kappa shape index (κ2) is 8.42. The van der Waals surface area contributed by atoms with Gasteiger partial charge in [-0.15, -0.1) is 0 Å². The smallest absolute Gasteiger partial charge is 0.356 e. The number of hydrogen-bond donors (Lipinski definition) is 3. The zero-order chi connectivity index (χ0) is 20.1. The van der Waals surface area contributed by atoms with E-state index in [4.69, 9.17) is 4.74 Å². The van der Waals surface area contributed by atoms with Crippen molar-refractivity contribution < 1.29 is 18.3 Å². The second-order valence-corrected chi connectivity index (χ2v) is 5.83. The summed E-state index contributed by atoms with van der Waals surface area (Å²) in [6.45, 7) is 3.70. The van der Waals surface area contributed by atoms with Gasteiger partial charge in [-0.05, 0) is 19.9 Å². The zero-order valence-electron chi connectivity index (χ0n) is 15.2. The van der Waals surface area contributed by atoms with Gasteiger partial charge in [0, 0.05) is 23.8 Å². The summed E-state index contributed by atoms with van der Waals surface area (Å²) in [6, 6.07) is 6.04. The summed E-state index contributed by atoms with van der Waals surface area (Å²) in [5.41, 5.74) is 0.512. The predicted molar refractivity (Wildman–Crippen MR) is 98.3 cm³/mol. The number of hydrogen-bond acceptors (Lipinski definition) is 7. The number of nitrogens with zero attached hydrogens (tertiary/aromatic N) is 3. The molecule has 8 nitrogen and oxygen atoms in total. The van der Waals surface area contributed by atoms with Crippen LogP contribution in [0.5, 0.6) is 0 Å². The van der Waals surface area contributed by atoms with Crippen molar-refractivity contribution in [1.29, 1.82) is 0 Å². The fourth-order valence-corrected chi connectivity index (χ4v) is 2.49. The molecular formula is C18H18F2N6O2. The molecule has 1 atom stereocenters. The SMILES string of the molecule is CCOC(=O)c1cc(Nc2cc(NC(C)c3ccc(F)cc3F)ncn2)n[nH]1.